The van der Waals surface area contributed by atoms with E-state index in [1.54, 1.807) is 10.8 Å². The van der Waals surface area contributed by atoms with Gasteiger partial charge in [-0.15, -0.1) is 0 Å². The van der Waals surface area contributed by atoms with Gasteiger partial charge in [-0.1, -0.05) is 36.4 Å². The van der Waals surface area contributed by atoms with Gasteiger partial charge in [0.25, 0.3) is 5.91 Å². The van der Waals surface area contributed by atoms with Crippen molar-refractivity contribution in [1.29, 1.82) is 0 Å². The molecule has 0 unspecified atom stereocenters. The van der Waals surface area contributed by atoms with Crippen LogP contribution in [0.4, 0.5) is 8.78 Å². The van der Waals surface area contributed by atoms with Crippen molar-refractivity contribution in [3.8, 4) is 5.75 Å². The van der Waals surface area contributed by atoms with Crippen molar-refractivity contribution in [2.45, 2.75) is 19.7 Å². The van der Waals surface area contributed by atoms with Crippen LogP contribution in [0.25, 0.3) is 0 Å². The van der Waals surface area contributed by atoms with E-state index < -0.39 is 23.0 Å². The molecule has 30 heavy (non-hydrogen) atoms. The van der Waals surface area contributed by atoms with Crippen molar-refractivity contribution < 1.29 is 18.3 Å². The second-order valence-corrected chi connectivity index (χ2v) is 7.78. The van der Waals surface area contributed by atoms with Crippen LogP contribution < -0.4 is 10.2 Å². The van der Waals surface area contributed by atoms with Crippen LogP contribution in [0.1, 0.15) is 21.6 Å². The summed E-state index contributed by atoms with van der Waals surface area (Å²) in [6.45, 7) is 1.03. The molecule has 1 aliphatic heterocycles. The molecule has 0 spiro atoms. The Morgan fingerprint density at radius 2 is 1.73 bits per heavy atom. The van der Waals surface area contributed by atoms with Gasteiger partial charge in [0.05, 0.1) is 4.47 Å². The van der Waals surface area contributed by atoms with Crippen LogP contribution in [0.5, 0.6) is 5.75 Å². The summed E-state index contributed by atoms with van der Waals surface area (Å²) in [5, 5.41) is 0. The first-order chi connectivity index (χ1) is 14.4. The second-order valence-electron chi connectivity index (χ2n) is 6.93. The van der Waals surface area contributed by atoms with Gasteiger partial charge in [-0.3, -0.25) is 9.59 Å². The molecule has 1 amide bonds. The molecule has 0 radical (unpaired) electrons. The van der Waals surface area contributed by atoms with Gasteiger partial charge >= 0.3 is 0 Å². The number of amides is 1. The number of aromatic nitrogens is 1. The van der Waals surface area contributed by atoms with Gasteiger partial charge in [-0.2, -0.15) is 0 Å². The number of hydrogen-bond acceptors (Lipinski definition) is 3. The van der Waals surface area contributed by atoms with E-state index in [-0.39, 0.29) is 24.6 Å². The lowest BCUT2D eigenvalue weighted by Crippen LogP contribution is -2.41. The van der Waals surface area contributed by atoms with E-state index in [1.165, 1.54) is 11.0 Å². The Balaban J connectivity index is 1.64. The highest BCUT2D eigenvalue weighted by Gasteiger charge is 2.30. The fourth-order valence-corrected chi connectivity index (χ4v) is 3.78. The van der Waals surface area contributed by atoms with Gasteiger partial charge in [-0.05, 0) is 39.2 Å². The molecule has 8 heteroatoms. The number of halogens is 3. The Labute approximate surface area is 179 Å². The van der Waals surface area contributed by atoms with Gasteiger partial charge < -0.3 is 14.2 Å². The third-order valence-electron chi connectivity index (χ3n) is 4.88. The maximum atomic E-state index is 13.5. The zero-order chi connectivity index (χ0) is 21.3. The lowest BCUT2D eigenvalue weighted by atomic mass is 10.1. The monoisotopic (exact) mass is 474 g/mol. The molecule has 154 valence electrons. The first-order valence-electron chi connectivity index (χ1n) is 9.27. The number of nitrogens with zero attached hydrogens (tertiary/aromatic N) is 2. The number of hydrogen-bond donors (Lipinski definition) is 0. The Hall–Kier alpha value is -3.00. The number of carbonyl (C=O) groups excluding carboxylic acids is 1. The predicted molar refractivity (Wildman–Crippen MR) is 110 cm³/mol. The zero-order valence-corrected chi connectivity index (χ0v) is 17.4. The Morgan fingerprint density at radius 1 is 0.967 bits per heavy atom. The molecule has 4 rings (SSSR count). The molecule has 1 aromatic heterocycles. The van der Waals surface area contributed by atoms with Crippen LogP contribution in [0.3, 0.4) is 0 Å². The number of pyridine rings is 1. The molecule has 3 aromatic rings. The first-order valence-corrected chi connectivity index (χ1v) is 10.1. The summed E-state index contributed by atoms with van der Waals surface area (Å²) in [6, 6.07) is 12.8. The fraction of sp³-hybridized carbons (Fsp3) is 0.182. The Kier molecular flexibility index (Phi) is 5.67. The minimum absolute atomic E-state index is 0.0341. The lowest BCUT2D eigenvalue weighted by Gasteiger charge is -2.31. The summed E-state index contributed by atoms with van der Waals surface area (Å²) in [6.07, 6.45) is 1.57. The molecule has 0 atom stereocenters. The predicted octanol–water partition coefficient (Wildman–Crippen LogP) is 4.12. The van der Waals surface area contributed by atoms with Crippen LogP contribution in [0, 0.1) is 11.6 Å². The molecule has 2 heterocycles. The smallest absolute Gasteiger partial charge is 0.274 e. The number of rotatable bonds is 5. The number of fused-ring (bicyclic) bond motifs is 1. The number of benzene rings is 2. The highest BCUT2D eigenvalue weighted by Crippen LogP contribution is 2.25. The Bertz CT molecular complexity index is 1170. The molecule has 0 bridgehead atoms. The minimum atomic E-state index is -0.968. The first kappa shape index (κ1) is 20.3. The largest absolute Gasteiger partial charge is 0.483 e. The summed E-state index contributed by atoms with van der Waals surface area (Å²) in [5.41, 5.74) is 1.05. The summed E-state index contributed by atoms with van der Waals surface area (Å²) in [7, 11) is 0. The Morgan fingerprint density at radius 3 is 2.47 bits per heavy atom. The van der Waals surface area contributed by atoms with E-state index in [9.17, 15) is 18.4 Å². The molecule has 0 saturated heterocycles. The molecule has 0 fully saturated rings. The quantitative estimate of drug-likeness (QED) is 0.558. The van der Waals surface area contributed by atoms with Gasteiger partial charge in [0.1, 0.15) is 6.61 Å². The van der Waals surface area contributed by atoms with Crippen molar-refractivity contribution in [2.24, 2.45) is 0 Å². The molecule has 0 N–H and O–H groups in total. The van der Waals surface area contributed by atoms with Crippen molar-refractivity contribution >= 4 is 21.8 Å². The molecule has 0 aliphatic carbocycles. The van der Waals surface area contributed by atoms with Crippen LogP contribution in [0.15, 0.2) is 64.0 Å². The molecular formula is C22H17BrF2N2O3. The maximum absolute atomic E-state index is 13.5. The minimum Gasteiger partial charge on any atom is -0.483 e. The maximum Gasteiger partial charge on any atom is 0.274 e. The highest BCUT2D eigenvalue weighted by molar-refractivity contribution is 9.10. The summed E-state index contributed by atoms with van der Waals surface area (Å²) in [5.74, 6) is -2.35. The van der Waals surface area contributed by atoms with Crippen LogP contribution in [-0.2, 0) is 19.7 Å². The van der Waals surface area contributed by atoms with Crippen molar-refractivity contribution in [1.82, 2.24) is 9.47 Å². The summed E-state index contributed by atoms with van der Waals surface area (Å²) >= 11 is 3.24. The number of ether oxygens (including phenoxy) is 1. The highest BCUT2D eigenvalue weighted by atomic mass is 79.9. The molecular weight excluding hydrogens is 458 g/mol. The van der Waals surface area contributed by atoms with E-state index in [2.05, 4.69) is 15.9 Å². The molecule has 2 aromatic carbocycles. The average molecular weight is 475 g/mol. The topological polar surface area (TPSA) is 51.5 Å². The van der Waals surface area contributed by atoms with Crippen LogP contribution in [-0.4, -0.2) is 21.9 Å². The molecule has 5 nitrogen and oxygen atoms in total. The fourth-order valence-electron chi connectivity index (χ4n) is 3.36. The third-order valence-corrected chi connectivity index (χ3v) is 5.44. The van der Waals surface area contributed by atoms with Crippen molar-refractivity contribution in [3.63, 3.8) is 0 Å². The van der Waals surface area contributed by atoms with E-state index in [0.717, 1.165) is 17.7 Å². The third kappa shape index (κ3) is 4.00. The average Bonchev–Trinajstić information content (AvgIpc) is 2.74. The summed E-state index contributed by atoms with van der Waals surface area (Å²) < 4.78 is 34.5. The summed E-state index contributed by atoms with van der Waals surface area (Å²) in [4.78, 5) is 27.4. The SMILES string of the molecule is O=C1c2c(OCc3ccccc3)c(=O)c(Br)cn2CCN1Cc1ccc(F)c(F)c1. The normalized spacial score (nSPS) is 13.3. The van der Waals surface area contributed by atoms with Gasteiger partial charge in [0.15, 0.2) is 23.1 Å². The van der Waals surface area contributed by atoms with E-state index in [0.29, 0.717) is 23.1 Å². The van der Waals surface area contributed by atoms with Gasteiger partial charge in [-0.25, -0.2) is 8.78 Å². The van der Waals surface area contributed by atoms with E-state index >= 15 is 0 Å². The van der Waals surface area contributed by atoms with Gasteiger partial charge in [0.2, 0.25) is 5.43 Å². The second kappa shape index (κ2) is 8.39. The standard InChI is InChI=1S/C22H17BrF2N2O3/c23-16-12-26-8-9-27(11-15-6-7-17(24)18(25)10-15)22(29)19(26)21(20(16)28)30-13-14-4-2-1-3-5-14/h1-7,10,12H,8-9,11,13H2. The van der Waals surface area contributed by atoms with E-state index in [4.69, 9.17) is 4.74 Å². The van der Waals surface area contributed by atoms with Crippen molar-refractivity contribution in [2.75, 3.05) is 6.54 Å². The lowest BCUT2D eigenvalue weighted by molar-refractivity contribution is 0.0679. The number of carbonyl (C=O) groups is 1. The zero-order valence-electron chi connectivity index (χ0n) is 15.8. The van der Waals surface area contributed by atoms with Gasteiger partial charge in [0, 0.05) is 25.8 Å². The molecule has 0 saturated carbocycles. The van der Waals surface area contributed by atoms with Crippen LogP contribution in [0.2, 0.25) is 0 Å². The van der Waals surface area contributed by atoms with Crippen molar-refractivity contribution in [3.05, 3.63) is 97.9 Å². The van der Waals surface area contributed by atoms with Crippen LogP contribution >= 0.6 is 15.9 Å². The van der Waals surface area contributed by atoms with E-state index in [1.807, 2.05) is 30.3 Å². The molecule has 1 aliphatic rings.